The molecule has 0 fully saturated rings. The van der Waals surface area contributed by atoms with Gasteiger partial charge in [-0.25, -0.2) is 8.42 Å². The third-order valence-electron chi connectivity index (χ3n) is 3.51. The standard InChI is InChI=1S/C15H22N4O3S2/c1-5-19(10-13-8-16-18(4)9-13)24(21,22)15-7-6-14(23-15)11(2)17-12(3)20/h6-9,11H,5,10H2,1-4H3,(H,17,20). The van der Waals surface area contributed by atoms with Gasteiger partial charge in [0.1, 0.15) is 4.21 Å². The molecule has 0 aliphatic carbocycles. The van der Waals surface area contributed by atoms with Gasteiger partial charge in [0, 0.05) is 43.7 Å². The largest absolute Gasteiger partial charge is 0.349 e. The molecule has 2 aromatic heterocycles. The lowest BCUT2D eigenvalue weighted by molar-refractivity contribution is -0.119. The quantitative estimate of drug-likeness (QED) is 0.807. The number of rotatable bonds is 7. The fourth-order valence-electron chi connectivity index (χ4n) is 2.33. The van der Waals surface area contributed by atoms with Crippen LogP contribution in [0.3, 0.4) is 0 Å². The molecule has 0 bridgehead atoms. The van der Waals surface area contributed by atoms with Gasteiger partial charge in [-0.1, -0.05) is 6.92 Å². The first-order valence-electron chi connectivity index (χ1n) is 7.58. The van der Waals surface area contributed by atoms with E-state index in [4.69, 9.17) is 0 Å². The molecule has 24 heavy (non-hydrogen) atoms. The van der Waals surface area contributed by atoms with Crippen molar-refractivity contribution in [3.8, 4) is 0 Å². The summed E-state index contributed by atoms with van der Waals surface area (Å²) in [6.07, 6.45) is 3.47. The van der Waals surface area contributed by atoms with E-state index in [2.05, 4.69) is 10.4 Å². The van der Waals surface area contributed by atoms with Crippen molar-refractivity contribution in [2.75, 3.05) is 6.54 Å². The van der Waals surface area contributed by atoms with Crippen LogP contribution in [0.4, 0.5) is 0 Å². The molecule has 2 aromatic rings. The van der Waals surface area contributed by atoms with E-state index in [-0.39, 0.29) is 22.7 Å². The number of aromatic nitrogens is 2. The zero-order valence-electron chi connectivity index (χ0n) is 14.2. The number of thiophene rings is 1. The fraction of sp³-hybridized carbons (Fsp3) is 0.467. The fourth-order valence-corrected chi connectivity index (χ4v) is 5.25. The Kier molecular flexibility index (Phi) is 5.79. The molecular weight excluding hydrogens is 348 g/mol. The minimum Gasteiger partial charge on any atom is -0.349 e. The summed E-state index contributed by atoms with van der Waals surface area (Å²) >= 11 is 1.18. The van der Waals surface area contributed by atoms with Gasteiger partial charge in [-0.15, -0.1) is 11.3 Å². The normalized spacial score (nSPS) is 13.2. The molecule has 0 spiro atoms. The molecule has 0 aliphatic heterocycles. The minimum absolute atomic E-state index is 0.146. The van der Waals surface area contributed by atoms with Crippen LogP contribution in [0.1, 0.15) is 37.3 Å². The van der Waals surface area contributed by atoms with Gasteiger partial charge in [0.05, 0.1) is 12.2 Å². The lowest BCUT2D eigenvalue weighted by Gasteiger charge is -2.18. The zero-order valence-corrected chi connectivity index (χ0v) is 15.8. The van der Waals surface area contributed by atoms with Crippen LogP contribution in [0.15, 0.2) is 28.7 Å². The molecule has 2 rings (SSSR count). The highest BCUT2D eigenvalue weighted by Crippen LogP contribution is 2.29. The van der Waals surface area contributed by atoms with Gasteiger partial charge >= 0.3 is 0 Å². The van der Waals surface area contributed by atoms with E-state index in [1.54, 1.807) is 36.3 Å². The molecule has 0 saturated carbocycles. The molecule has 0 aromatic carbocycles. The van der Waals surface area contributed by atoms with E-state index in [9.17, 15) is 13.2 Å². The third-order valence-corrected chi connectivity index (χ3v) is 7.17. The lowest BCUT2D eigenvalue weighted by atomic mass is 10.3. The molecule has 1 atom stereocenters. The van der Waals surface area contributed by atoms with Crippen molar-refractivity contribution in [3.05, 3.63) is 35.0 Å². The summed E-state index contributed by atoms with van der Waals surface area (Å²) in [6.45, 7) is 5.72. The molecule has 0 radical (unpaired) electrons. The number of aryl methyl sites for hydroxylation is 1. The summed E-state index contributed by atoms with van der Waals surface area (Å²) in [5, 5.41) is 6.83. The van der Waals surface area contributed by atoms with Gasteiger partial charge in [-0.3, -0.25) is 9.48 Å². The SMILES string of the molecule is CCN(Cc1cnn(C)c1)S(=O)(=O)c1ccc(C(C)NC(C)=O)s1. The summed E-state index contributed by atoms with van der Waals surface area (Å²) < 4.78 is 29.1. The van der Waals surface area contributed by atoms with Crippen LogP contribution in [0, 0.1) is 0 Å². The summed E-state index contributed by atoms with van der Waals surface area (Å²) in [5.41, 5.74) is 0.839. The first-order chi connectivity index (χ1) is 11.2. The number of nitrogens with one attached hydrogen (secondary N) is 1. The zero-order chi connectivity index (χ0) is 17.9. The first kappa shape index (κ1) is 18.6. The second-order valence-electron chi connectivity index (χ2n) is 5.53. The predicted octanol–water partition coefficient (Wildman–Crippen LogP) is 1.89. The van der Waals surface area contributed by atoms with E-state index < -0.39 is 10.0 Å². The van der Waals surface area contributed by atoms with Crippen LogP contribution in [-0.2, 0) is 28.4 Å². The Balaban J connectivity index is 2.21. The first-order valence-corrected chi connectivity index (χ1v) is 9.84. The van der Waals surface area contributed by atoms with Crippen molar-refractivity contribution in [1.82, 2.24) is 19.4 Å². The van der Waals surface area contributed by atoms with Gasteiger partial charge in [-0.05, 0) is 19.1 Å². The van der Waals surface area contributed by atoms with E-state index >= 15 is 0 Å². The van der Waals surface area contributed by atoms with Crippen molar-refractivity contribution in [2.45, 2.75) is 37.6 Å². The summed E-state index contributed by atoms with van der Waals surface area (Å²) in [7, 11) is -1.78. The molecular formula is C15H22N4O3S2. The summed E-state index contributed by atoms with van der Waals surface area (Å²) in [5.74, 6) is -0.146. The third kappa shape index (κ3) is 4.22. The molecule has 132 valence electrons. The lowest BCUT2D eigenvalue weighted by Crippen LogP contribution is -2.29. The maximum atomic E-state index is 12.9. The van der Waals surface area contributed by atoms with Crippen molar-refractivity contribution in [2.24, 2.45) is 7.05 Å². The smallest absolute Gasteiger partial charge is 0.252 e. The van der Waals surface area contributed by atoms with Gasteiger partial charge in [0.2, 0.25) is 5.91 Å². The van der Waals surface area contributed by atoms with E-state index in [0.29, 0.717) is 6.54 Å². The Morgan fingerprint density at radius 3 is 2.71 bits per heavy atom. The maximum Gasteiger partial charge on any atom is 0.252 e. The van der Waals surface area contributed by atoms with E-state index in [1.165, 1.54) is 22.6 Å². The molecule has 9 heteroatoms. The topological polar surface area (TPSA) is 84.3 Å². The second-order valence-corrected chi connectivity index (χ2v) is 8.81. The molecule has 1 unspecified atom stereocenters. The minimum atomic E-state index is -3.58. The van der Waals surface area contributed by atoms with Gasteiger partial charge in [-0.2, -0.15) is 9.40 Å². The highest BCUT2D eigenvalue weighted by molar-refractivity contribution is 7.91. The highest BCUT2D eigenvalue weighted by atomic mass is 32.2. The van der Waals surface area contributed by atoms with Crippen molar-refractivity contribution < 1.29 is 13.2 Å². The maximum absolute atomic E-state index is 12.9. The van der Waals surface area contributed by atoms with Crippen LogP contribution in [0.25, 0.3) is 0 Å². The number of carbonyl (C=O) groups is 1. The van der Waals surface area contributed by atoms with Crippen molar-refractivity contribution in [1.29, 1.82) is 0 Å². The van der Waals surface area contributed by atoms with Crippen LogP contribution < -0.4 is 5.32 Å². The van der Waals surface area contributed by atoms with Crippen LogP contribution in [0.5, 0.6) is 0 Å². The van der Waals surface area contributed by atoms with Crippen LogP contribution in [-0.4, -0.2) is 35.0 Å². The summed E-state index contributed by atoms with van der Waals surface area (Å²) in [4.78, 5) is 12.0. The predicted molar refractivity (Wildman–Crippen MR) is 93.0 cm³/mol. The van der Waals surface area contributed by atoms with Crippen LogP contribution in [0.2, 0.25) is 0 Å². The molecule has 7 nitrogen and oxygen atoms in total. The number of hydrogen-bond donors (Lipinski definition) is 1. The molecule has 0 aliphatic rings. The van der Waals surface area contributed by atoms with E-state index in [0.717, 1.165) is 10.4 Å². The number of sulfonamides is 1. The Hall–Kier alpha value is -1.71. The number of hydrogen-bond acceptors (Lipinski definition) is 5. The Morgan fingerprint density at radius 2 is 2.17 bits per heavy atom. The molecule has 1 amide bonds. The Labute approximate surface area is 146 Å². The monoisotopic (exact) mass is 370 g/mol. The van der Waals surface area contributed by atoms with E-state index in [1.807, 2.05) is 13.8 Å². The van der Waals surface area contributed by atoms with Crippen molar-refractivity contribution in [3.63, 3.8) is 0 Å². The number of carbonyl (C=O) groups excluding carboxylic acids is 1. The van der Waals surface area contributed by atoms with Gasteiger partial charge in [0.25, 0.3) is 10.0 Å². The second kappa shape index (κ2) is 7.45. The summed E-state index contributed by atoms with van der Waals surface area (Å²) in [6, 6.07) is 3.13. The van der Waals surface area contributed by atoms with Gasteiger partial charge in [0.15, 0.2) is 0 Å². The highest BCUT2D eigenvalue weighted by Gasteiger charge is 2.26. The Bertz CT molecular complexity index is 810. The van der Waals surface area contributed by atoms with Crippen molar-refractivity contribution >= 4 is 27.3 Å². The average Bonchev–Trinajstić information content (AvgIpc) is 3.13. The average molecular weight is 371 g/mol. The van der Waals surface area contributed by atoms with Crippen LogP contribution >= 0.6 is 11.3 Å². The van der Waals surface area contributed by atoms with Gasteiger partial charge < -0.3 is 5.32 Å². The molecule has 1 N–H and O–H groups in total. The number of amides is 1. The Morgan fingerprint density at radius 1 is 1.46 bits per heavy atom. The molecule has 0 saturated heterocycles. The molecule has 2 heterocycles. The number of nitrogens with zero attached hydrogens (tertiary/aromatic N) is 3.